The van der Waals surface area contributed by atoms with Crippen LogP contribution in [0, 0.1) is 0 Å². The van der Waals surface area contributed by atoms with Gasteiger partial charge in [-0.3, -0.25) is 0 Å². The third-order valence-electron chi connectivity index (χ3n) is 3.43. The first kappa shape index (κ1) is 16.7. The number of aliphatic hydroxyl groups is 1. The first-order valence-corrected chi connectivity index (χ1v) is 7.55. The fourth-order valence-electron chi connectivity index (χ4n) is 2.28. The van der Waals surface area contributed by atoms with Gasteiger partial charge in [0.1, 0.15) is 6.61 Å². The van der Waals surface area contributed by atoms with Crippen molar-refractivity contribution in [3.8, 4) is 0 Å². The summed E-state index contributed by atoms with van der Waals surface area (Å²) in [6, 6.07) is 9.62. The maximum Gasteiger partial charge on any atom is 0.410 e. The van der Waals surface area contributed by atoms with E-state index in [1.165, 1.54) is 0 Å². The highest BCUT2D eigenvalue weighted by molar-refractivity contribution is 5.68. The minimum Gasteiger partial charge on any atom is -0.445 e. The highest BCUT2D eigenvalue weighted by Gasteiger charge is 2.27. The summed E-state index contributed by atoms with van der Waals surface area (Å²) >= 11 is 0. The summed E-state index contributed by atoms with van der Waals surface area (Å²) in [7, 11) is 0. The van der Waals surface area contributed by atoms with E-state index in [1.54, 1.807) is 4.90 Å². The molecule has 0 unspecified atom stereocenters. The van der Waals surface area contributed by atoms with Gasteiger partial charge in [-0.1, -0.05) is 30.3 Å². The number of rotatable bonds is 8. The molecular formula is C16H23NO5. The van der Waals surface area contributed by atoms with Crippen LogP contribution in [0.15, 0.2) is 30.3 Å². The van der Waals surface area contributed by atoms with Crippen molar-refractivity contribution in [3.05, 3.63) is 35.9 Å². The van der Waals surface area contributed by atoms with Crippen molar-refractivity contribution < 1.29 is 24.1 Å². The normalized spacial score (nSPS) is 17.7. The van der Waals surface area contributed by atoms with Gasteiger partial charge in [0.25, 0.3) is 0 Å². The zero-order valence-corrected chi connectivity index (χ0v) is 12.6. The summed E-state index contributed by atoms with van der Waals surface area (Å²) in [6.45, 7) is 2.75. The largest absolute Gasteiger partial charge is 0.445 e. The molecule has 122 valence electrons. The Morgan fingerprint density at radius 2 is 2.05 bits per heavy atom. The van der Waals surface area contributed by atoms with Crippen LogP contribution in [0.5, 0.6) is 0 Å². The van der Waals surface area contributed by atoms with Gasteiger partial charge in [-0.15, -0.1) is 0 Å². The average Bonchev–Trinajstić information content (AvgIpc) is 3.02. The van der Waals surface area contributed by atoms with E-state index in [0.717, 1.165) is 12.0 Å². The number of hydrogen-bond acceptors (Lipinski definition) is 5. The lowest BCUT2D eigenvalue weighted by atomic mass is 10.2. The molecule has 1 aliphatic rings. The molecule has 1 atom stereocenters. The number of hydrogen-bond donors (Lipinski definition) is 1. The van der Waals surface area contributed by atoms with Crippen LogP contribution in [-0.2, 0) is 20.8 Å². The van der Waals surface area contributed by atoms with Gasteiger partial charge in [0, 0.05) is 6.54 Å². The maximum absolute atomic E-state index is 12.0. The number of amides is 1. The molecule has 6 heteroatoms. The van der Waals surface area contributed by atoms with Gasteiger partial charge in [0.2, 0.25) is 0 Å². The Morgan fingerprint density at radius 1 is 1.23 bits per heavy atom. The average molecular weight is 309 g/mol. The van der Waals surface area contributed by atoms with Gasteiger partial charge >= 0.3 is 6.09 Å². The molecule has 0 radical (unpaired) electrons. The lowest BCUT2D eigenvalue weighted by Crippen LogP contribution is -2.31. The summed E-state index contributed by atoms with van der Waals surface area (Å²) in [4.78, 5) is 13.6. The van der Waals surface area contributed by atoms with Crippen molar-refractivity contribution in [2.75, 3.05) is 39.5 Å². The number of carbonyl (C=O) groups is 1. The van der Waals surface area contributed by atoms with Crippen LogP contribution >= 0.6 is 0 Å². The molecule has 1 aromatic carbocycles. The van der Waals surface area contributed by atoms with E-state index in [0.29, 0.717) is 32.9 Å². The molecular weight excluding hydrogens is 286 g/mol. The smallest absolute Gasteiger partial charge is 0.410 e. The lowest BCUT2D eigenvalue weighted by Gasteiger charge is -2.16. The van der Waals surface area contributed by atoms with Gasteiger partial charge in [0.15, 0.2) is 0 Å². The van der Waals surface area contributed by atoms with E-state index >= 15 is 0 Å². The second kappa shape index (κ2) is 9.40. The van der Waals surface area contributed by atoms with Crippen LogP contribution < -0.4 is 0 Å². The second-order valence-corrected chi connectivity index (χ2v) is 5.10. The van der Waals surface area contributed by atoms with Gasteiger partial charge in [-0.2, -0.15) is 0 Å². The molecule has 2 rings (SSSR count). The van der Waals surface area contributed by atoms with E-state index in [-0.39, 0.29) is 25.4 Å². The Bertz CT molecular complexity index is 439. The fraction of sp³-hybridized carbons (Fsp3) is 0.562. The third kappa shape index (κ3) is 5.63. The highest BCUT2D eigenvalue weighted by Crippen LogP contribution is 2.14. The van der Waals surface area contributed by atoms with Gasteiger partial charge in [0.05, 0.1) is 39.1 Å². The van der Waals surface area contributed by atoms with E-state index in [1.807, 2.05) is 30.3 Å². The molecule has 6 nitrogen and oxygen atoms in total. The topological polar surface area (TPSA) is 68.2 Å². The predicted octanol–water partition coefficient (Wildman–Crippen LogP) is 1.42. The Hall–Kier alpha value is -1.63. The van der Waals surface area contributed by atoms with Crippen LogP contribution in [0.2, 0.25) is 0 Å². The molecule has 1 aromatic rings. The van der Waals surface area contributed by atoms with Crippen LogP contribution in [0.3, 0.4) is 0 Å². The number of nitrogens with zero attached hydrogens (tertiary/aromatic N) is 1. The SMILES string of the molecule is O=C(OCc1ccccc1)N1CC[C@H](OCCOCCO)C1. The molecule has 1 N–H and O–H groups in total. The Labute approximate surface area is 130 Å². The summed E-state index contributed by atoms with van der Waals surface area (Å²) in [6.07, 6.45) is 0.536. The Balaban J connectivity index is 1.61. The molecule has 0 saturated carbocycles. The van der Waals surface area contributed by atoms with Crippen LogP contribution in [0.4, 0.5) is 4.79 Å². The summed E-state index contributed by atoms with van der Waals surface area (Å²) in [5, 5.41) is 8.58. The van der Waals surface area contributed by atoms with E-state index in [4.69, 9.17) is 19.3 Å². The van der Waals surface area contributed by atoms with Crippen molar-refractivity contribution in [2.24, 2.45) is 0 Å². The molecule has 0 aromatic heterocycles. The van der Waals surface area contributed by atoms with Crippen LogP contribution in [-0.4, -0.2) is 61.7 Å². The van der Waals surface area contributed by atoms with Crippen molar-refractivity contribution >= 4 is 6.09 Å². The second-order valence-electron chi connectivity index (χ2n) is 5.10. The number of carbonyl (C=O) groups excluding carboxylic acids is 1. The van der Waals surface area contributed by atoms with E-state index < -0.39 is 0 Å². The molecule has 1 aliphatic heterocycles. The van der Waals surface area contributed by atoms with Gasteiger partial charge in [-0.25, -0.2) is 4.79 Å². The minimum absolute atomic E-state index is 0.0183. The molecule has 1 amide bonds. The fourth-order valence-corrected chi connectivity index (χ4v) is 2.28. The first-order valence-electron chi connectivity index (χ1n) is 7.55. The third-order valence-corrected chi connectivity index (χ3v) is 3.43. The molecule has 0 aliphatic carbocycles. The minimum atomic E-state index is -0.300. The number of ether oxygens (including phenoxy) is 3. The van der Waals surface area contributed by atoms with Crippen molar-refractivity contribution in [1.82, 2.24) is 4.90 Å². The molecule has 0 bridgehead atoms. The summed E-state index contributed by atoms with van der Waals surface area (Å²) in [5.74, 6) is 0. The maximum atomic E-state index is 12.0. The molecule has 22 heavy (non-hydrogen) atoms. The van der Waals surface area contributed by atoms with Crippen LogP contribution in [0.1, 0.15) is 12.0 Å². The molecule has 1 fully saturated rings. The first-order chi connectivity index (χ1) is 10.8. The van der Waals surface area contributed by atoms with Crippen molar-refractivity contribution in [1.29, 1.82) is 0 Å². The van der Waals surface area contributed by atoms with Gasteiger partial charge in [-0.05, 0) is 12.0 Å². The Kier molecular flexibility index (Phi) is 7.15. The van der Waals surface area contributed by atoms with Crippen LogP contribution in [0.25, 0.3) is 0 Å². The molecule has 1 saturated heterocycles. The summed E-state index contributed by atoms with van der Waals surface area (Å²) < 4.78 is 16.1. The van der Waals surface area contributed by atoms with E-state index in [2.05, 4.69) is 0 Å². The standard InChI is InChI=1S/C16H23NO5/c18-8-9-20-10-11-21-15-6-7-17(12-15)16(19)22-13-14-4-2-1-3-5-14/h1-5,15,18H,6-13H2/t15-/m0/s1. The lowest BCUT2D eigenvalue weighted by molar-refractivity contribution is 0.00105. The quantitative estimate of drug-likeness (QED) is 0.736. The molecule has 1 heterocycles. The van der Waals surface area contributed by atoms with Gasteiger partial charge < -0.3 is 24.2 Å². The number of likely N-dealkylation sites (tertiary alicyclic amines) is 1. The number of aliphatic hydroxyl groups excluding tert-OH is 1. The summed E-state index contributed by atoms with van der Waals surface area (Å²) in [5.41, 5.74) is 0.976. The predicted molar refractivity (Wildman–Crippen MR) is 80.5 cm³/mol. The van der Waals surface area contributed by atoms with Crippen molar-refractivity contribution in [3.63, 3.8) is 0 Å². The zero-order chi connectivity index (χ0) is 15.6. The van der Waals surface area contributed by atoms with E-state index in [9.17, 15) is 4.79 Å². The zero-order valence-electron chi connectivity index (χ0n) is 12.6. The monoisotopic (exact) mass is 309 g/mol. The Morgan fingerprint density at radius 3 is 2.82 bits per heavy atom. The highest BCUT2D eigenvalue weighted by atomic mass is 16.6. The number of benzene rings is 1. The molecule has 0 spiro atoms. The van der Waals surface area contributed by atoms with Crippen molar-refractivity contribution in [2.45, 2.75) is 19.1 Å².